The van der Waals surface area contributed by atoms with E-state index in [9.17, 15) is 5.11 Å². The van der Waals surface area contributed by atoms with Crippen molar-refractivity contribution in [2.75, 3.05) is 18.5 Å². The largest absolute Gasteiger partial charge is 0.393 e. The minimum Gasteiger partial charge on any atom is -0.393 e. The molecular weight excluding hydrogens is 206 g/mol. The molecule has 0 aliphatic rings. The zero-order chi connectivity index (χ0) is 12.2. The van der Waals surface area contributed by atoms with E-state index in [0.29, 0.717) is 11.4 Å². The van der Waals surface area contributed by atoms with Crippen LogP contribution in [0.3, 0.4) is 0 Å². The molecule has 5 nitrogen and oxygen atoms in total. The number of aliphatic hydroxyl groups excluding tert-OH is 1. The fourth-order valence-electron chi connectivity index (χ4n) is 1.16. The maximum absolute atomic E-state index is 9.58. The molecule has 1 aromatic rings. The summed E-state index contributed by atoms with van der Waals surface area (Å²) in [5.41, 5.74) is 0.0435. The van der Waals surface area contributed by atoms with Crippen molar-refractivity contribution in [3.05, 3.63) is 23.4 Å². The van der Waals surface area contributed by atoms with Gasteiger partial charge in [-0.05, 0) is 26.0 Å². The number of nitrogens with zero attached hydrogens (tertiary/aromatic N) is 2. The van der Waals surface area contributed by atoms with Gasteiger partial charge in [0.2, 0.25) is 0 Å². The van der Waals surface area contributed by atoms with Crippen LogP contribution in [0.4, 0.5) is 5.82 Å². The number of nitriles is 1. The number of aliphatic hydroxyl groups is 2. The first kappa shape index (κ1) is 12.4. The van der Waals surface area contributed by atoms with Crippen LogP contribution >= 0.6 is 0 Å². The third-order valence-electron chi connectivity index (χ3n) is 2.07. The summed E-state index contributed by atoms with van der Waals surface area (Å²) < 4.78 is 0. The predicted octanol–water partition coefficient (Wildman–Crippen LogP) is 0.417. The van der Waals surface area contributed by atoms with Crippen LogP contribution < -0.4 is 5.32 Å². The number of hydrogen-bond acceptors (Lipinski definition) is 5. The van der Waals surface area contributed by atoms with Gasteiger partial charge in [0.1, 0.15) is 11.4 Å². The number of anilines is 1. The predicted molar refractivity (Wildman–Crippen MR) is 59.9 cm³/mol. The molecule has 0 bridgehead atoms. The second-order valence-corrected chi connectivity index (χ2v) is 4.00. The molecule has 0 fully saturated rings. The summed E-state index contributed by atoms with van der Waals surface area (Å²) >= 11 is 0. The van der Waals surface area contributed by atoms with Crippen LogP contribution in [0, 0.1) is 18.3 Å². The van der Waals surface area contributed by atoms with Crippen molar-refractivity contribution in [2.24, 2.45) is 0 Å². The second-order valence-electron chi connectivity index (χ2n) is 4.00. The fraction of sp³-hybridized carbons (Fsp3) is 0.455. The summed E-state index contributed by atoms with van der Waals surface area (Å²) in [5, 5.41) is 30.1. The van der Waals surface area contributed by atoms with Crippen molar-refractivity contribution in [3.8, 4) is 6.07 Å². The zero-order valence-electron chi connectivity index (χ0n) is 9.36. The first-order valence-corrected chi connectivity index (χ1v) is 4.93. The molecule has 0 aliphatic carbocycles. The SMILES string of the molecule is Cc1cc(C#N)cc(NCC(C)(O)CO)n1. The molecule has 0 aromatic carbocycles. The highest BCUT2D eigenvalue weighted by Gasteiger charge is 2.18. The Kier molecular flexibility index (Phi) is 3.82. The van der Waals surface area contributed by atoms with Gasteiger partial charge in [-0.3, -0.25) is 0 Å². The highest BCUT2D eigenvalue weighted by molar-refractivity contribution is 5.44. The molecule has 0 saturated carbocycles. The molecule has 0 spiro atoms. The Balaban J connectivity index is 2.75. The van der Waals surface area contributed by atoms with Crippen molar-refractivity contribution >= 4 is 5.82 Å². The van der Waals surface area contributed by atoms with Crippen LogP contribution in [0.1, 0.15) is 18.2 Å². The van der Waals surface area contributed by atoms with Crippen molar-refractivity contribution in [1.82, 2.24) is 4.98 Å². The smallest absolute Gasteiger partial charge is 0.127 e. The molecule has 1 unspecified atom stereocenters. The van der Waals surface area contributed by atoms with Crippen molar-refractivity contribution in [1.29, 1.82) is 5.26 Å². The van der Waals surface area contributed by atoms with E-state index in [0.717, 1.165) is 5.69 Å². The fourth-order valence-corrected chi connectivity index (χ4v) is 1.16. The zero-order valence-corrected chi connectivity index (χ0v) is 9.36. The third kappa shape index (κ3) is 3.50. The number of nitrogens with one attached hydrogen (secondary N) is 1. The van der Waals surface area contributed by atoms with Gasteiger partial charge in [-0.1, -0.05) is 0 Å². The topological polar surface area (TPSA) is 89.2 Å². The van der Waals surface area contributed by atoms with Gasteiger partial charge in [-0.25, -0.2) is 4.98 Å². The summed E-state index contributed by atoms with van der Waals surface area (Å²) in [6.45, 7) is 3.14. The van der Waals surface area contributed by atoms with Crippen molar-refractivity contribution in [2.45, 2.75) is 19.4 Å². The Morgan fingerprint density at radius 1 is 1.56 bits per heavy atom. The van der Waals surface area contributed by atoms with Gasteiger partial charge in [-0.2, -0.15) is 5.26 Å². The molecule has 16 heavy (non-hydrogen) atoms. The standard InChI is InChI=1S/C11H15N3O2/c1-8-3-9(5-12)4-10(14-8)13-6-11(2,16)7-15/h3-4,15-16H,6-7H2,1-2H3,(H,13,14). The van der Waals surface area contributed by atoms with Crippen LogP contribution in [0.25, 0.3) is 0 Å². The molecule has 0 aliphatic heterocycles. The monoisotopic (exact) mass is 221 g/mol. The normalized spacial score (nSPS) is 13.9. The number of rotatable bonds is 4. The van der Waals surface area contributed by atoms with Gasteiger partial charge in [0.05, 0.1) is 18.2 Å². The van der Waals surface area contributed by atoms with Gasteiger partial charge in [0.25, 0.3) is 0 Å². The Morgan fingerprint density at radius 3 is 2.81 bits per heavy atom. The summed E-state index contributed by atoms with van der Waals surface area (Å²) in [5.74, 6) is 0.519. The minimum absolute atomic E-state index is 0.171. The lowest BCUT2D eigenvalue weighted by Gasteiger charge is -2.21. The van der Waals surface area contributed by atoms with Crippen LogP contribution in [0.15, 0.2) is 12.1 Å². The molecule has 86 valence electrons. The lowest BCUT2D eigenvalue weighted by atomic mass is 10.1. The van der Waals surface area contributed by atoms with E-state index >= 15 is 0 Å². The molecule has 5 heteroatoms. The lowest BCUT2D eigenvalue weighted by molar-refractivity contribution is 0.0131. The van der Waals surface area contributed by atoms with E-state index in [1.165, 1.54) is 6.92 Å². The number of pyridine rings is 1. The lowest BCUT2D eigenvalue weighted by Crippen LogP contribution is -2.37. The first-order valence-electron chi connectivity index (χ1n) is 4.93. The highest BCUT2D eigenvalue weighted by atomic mass is 16.3. The van der Waals surface area contributed by atoms with E-state index in [2.05, 4.69) is 10.3 Å². The summed E-state index contributed by atoms with van der Waals surface area (Å²) in [7, 11) is 0. The van der Waals surface area contributed by atoms with E-state index in [1.54, 1.807) is 19.1 Å². The Labute approximate surface area is 94.4 Å². The van der Waals surface area contributed by atoms with E-state index in [1.807, 2.05) is 6.07 Å². The summed E-state index contributed by atoms with van der Waals surface area (Å²) in [4.78, 5) is 4.16. The minimum atomic E-state index is -1.20. The molecule has 1 rings (SSSR count). The second kappa shape index (κ2) is 4.92. The van der Waals surface area contributed by atoms with Crippen LogP contribution in [0.5, 0.6) is 0 Å². The van der Waals surface area contributed by atoms with Crippen LogP contribution in [0.2, 0.25) is 0 Å². The average Bonchev–Trinajstić information content (AvgIpc) is 2.26. The Hall–Kier alpha value is -1.64. The maximum atomic E-state index is 9.58. The molecule has 3 N–H and O–H groups in total. The molecular formula is C11H15N3O2. The Bertz CT molecular complexity index is 410. The molecule has 0 saturated heterocycles. The molecule has 1 aromatic heterocycles. The molecule has 1 atom stereocenters. The number of aromatic nitrogens is 1. The summed E-state index contributed by atoms with van der Waals surface area (Å²) in [6, 6.07) is 5.30. The van der Waals surface area contributed by atoms with Crippen molar-refractivity contribution in [3.63, 3.8) is 0 Å². The maximum Gasteiger partial charge on any atom is 0.127 e. The molecule has 0 amide bonds. The van der Waals surface area contributed by atoms with Crippen LogP contribution in [-0.4, -0.2) is 33.9 Å². The van der Waals surface area contributed by atoms with Crippen molar-refractivity contribution < 1.29 is 10.2 Å². The van der Waals surface area contributed by atoms with Crippen LogP contribution in [-0.2, 0) is 0 Å². The quantitative estimate of drug-likeness (QED) is 0.685. The van der Waals surface area contributed by atoms with E-state index in [4.69, 9.17) is 10.4 Å². The van der Waals surface area contributed by atoms with E-state index in [-0.39, 0.29) is 13.2 Å². The molecule has 0 radical (unpaired) electrons. The average molecular weight is 221 g/mol. The van der Waals surface area contributed by atoms with E-state index < -0.39 is 5.60 Å². The molecule has 1 heterocycles. The Morgan fingerprint density at radius 2 is 2.25 bits per heavy atom. The van der Waals surface area contributed by atoms with Gasteiger partial charge >= 0.3 is 0 Å². The first-order chi connectivity index (χ1) is 7.46. The summed E-state index contributed by atoms with van der Waals surface area (Å²) in [6.07, 6.45) is 0. The van der Waals surface area contributed by atoms with Gasteiger partial charge in [0.15, 0.2) is 0 Å². The van der Waals surface area contributed by atoms with Gasteiger partial charge < -0.3 is 15.5 Å². The number of hydrogen-bond donors (Lipinski definition) is 3. The highest BCUT2D eigenvalue weighted by Crippen LogP contribution is 2.11. The van der Waals surface area contributed by atoms with Gasteiger partial charge in [-0.15, -0.1) is 0 Å². The third-order valence-corrected chi connectivity index (χ3v) is 2.07. The van der Waals surface area contributed by atoms with Gasteiger partial charge in [0, 0.05) is 12.2 Å². The number of aryl methyl sites for hydroxylation is 1.